The first kappa shape index (κ1) is 21.9. The lowest BCUT2D eigenvalue weighted by molar-refractivity contribution is 0.404. The van der Waals surface area contributed by atoms with Gasteiger partial charge >= 0.3 is 0 Å². The Bertz CT molecular complexity index is 942. The highest BCUT2D eigenvalue weighted by atomic mass is 35.5. The number of benzene rings is 3. The van der Waals surface area contributed by atoms with Crippen molar-refractivity contribution in [3.8, 4) is 11.5 Å². The molecular formula is C24H25ClN2O2S. The maximum absolute atomic E-state index is 6.40. The number of thiocarbonyl (C=S) groups is 1. The molecule has 0 spiro atoms. The number of rotatable bonds is 7. The molecule has 0 aliphatic carbocycles. The van der Waals surface area contributed by atoms with Crippen LogP contribution in [0.2, 0.25) is 5.02 Å². The number of nitrogens with one attached hydrogen (secondary N) is 1. The largest absolute Gasteiger partial charge is 0.497 e. The Hall–Kier alpha value is -2.76. The van der Waals surface area contributed by atoms with Crippen molar-refractivity contribution in [2.75, 3.05) is 19.5 Å². The van der Waals surface area contributed by atoms with Gasteiger partial charge in [0, 0.05) is 13.1 Å². The maximum atomic E-state index is 6.40. The minimum Gasteiger partial charge on any atom is -0.497 e. The first-order valence-corrected chi connectivity index (χ1v) is 10.3. The molecule has 0 bridgehead atoms. The molecule has 4 nitrogen and oxygen atoms in total. The highest BCUT2D eigenvalue weighted by Gasteiger charge is 2.13. The summed E-state index contributed by atoms with van der Waals surface area (Å²) in [5.74, 6) is 1.65. The Labute approximate surface area is 188 Å². The van der Waals surface area contributed by atoms with Crippen LogP contribution in [0.1, 0.15) is 16.7 Å². The summed E-state index contributed by atoms with van der Waals surface area (Å²) in [6.07, 6.45) is 0. The van der Waals surface area contributed by atoms with Gasteiger partial charge in [0.1, 0.15) is 11.5 Å². The molecule has 6 heteroatoms. The number of anilines is 1. The molecular weight excluding hydrogens is 416 g/mol. The van der Waals surface area contributed by atoms with Crippen LogP contribution in [0.3, 0.4) is 0 Å². The van der Waals surface area contributed by atoms with E-state index in [0.717, 1.165) is 33.9 Å². The second-order valence-electron chi connectivity index (χ2n) is 6.97. The van der Waals surface area contributed by atoms with E-state index in [2.05, 4.69) is 10.2 Å². The van der Waals surface area contributed by atoms with E-state index < -0.39 is 0 Å². The lowest BCUT2D eigenvalue weighted by Crippen LogP contribution is -2.33. The van der Waals surface area contributed by atoms with Gasteiger partial charge in [0.05, 0.1) is 24.9 Å². The summed E-state index contributed by atoms with van der Waals surface area (Å²) in [6, 6.07) is 21.9. The highest BCUT2D eigenvalue weighted by Crippen LogP contribution is 2.24. The molecule has 0 radical (unpaired) electrons. The second kappa shape index (κ2) is 10.3. The van der Waals surface area contributed by atoms with Gasteiger partial charge in [0.15, 0.2) is 5.11 Å². The Morgan fingerprint density at radius 1 is 0.867 bits per heavy atom. The topological polar surface area (TPSA) is 33.7 Å². The first-order chi connectivity index (χ1) is 14.5. The number of aryl methyl sites for hydroxylation is 1. The van der Waals surface area contributed by atoms with Crippen molar-refractivity contribution in [1.29, 1.82) is 0 Å². The quantitative estimate of drug-likeness (QED) is 0.451. The fourth-order valence-electron chi connectivity index (χ4n) is 3.02. The number of hydrogen-bond donors (Lipinski definition) is 1. The van der Waals surface area contributed by atoms with E-state index in [1.54, 1.807) is 14.2 Å². The lowest BCUT2D eigenvalue weighted by atomic mass is 10.1. The highest BCUT2D eigenvalue weighted by molar-refractivity contribution is 7.80. The molecule has 3 rings (SSSR count). The molecule has 1 N–H and O–H groups in total. The van der Waals surface area contributed by atoms with Gasteiger partial charge in [0.25, 0.3) is 0 Å². The molecule has 0 aliphatic rings. The summed E-state index contributed by atoms with van der Waals surface area (Å²) in [6.45, 7) is 3.30. The second-order valence-corrected chi connectivity index (χ2v) is 7.76. The van der Waals surface area contributed by atoms with Crippen LogP contribution in [0, 0.1) is 6.92 Å². The lowest BCUT2D eigenvalue weighted by Gasteiger charge is -2.27. The average molecular weight is 441 g/mol. The van der Waals surface area contributed by atoms with Crippen molar-refractivity contribution in [1.82, 2.24) is 4.90 Å². The van der Waals surface area contributed by atoms with Gasteiger partial charge in [-0.05, 0) is 72.2 Å². The smallest absolute Gasteiger partial charge is 0.174 e. The third-order valence-corrected chi connectivity index (χ3v) is 5.39. The molecule has 156 valence electrons. The number of nitrogens with zero attached hydrogens (tertiary/aromatic N) is 1. The SMILES string of the molecule is COc1ccc(CN(Cc2ccc(OC)cc2)C(=S)Nc2ccc(C)cc2Cl)cc1. The Kier molecular flexibility index (Phi) is 7.55. The van der Waals surface area contributed by atoms with Gasteiger partial charge in [-0.15, -0.1) is 0 Å². The van der Waals surface area contributed by atoms with Crippen LogP contribution in [0.5, 0.6) is 11.5 Å². The Morgan fingerprint density at radius 2 is 1.37 bits per heavy atom. The molecule has 0 fully saturated rings. The first-order valence-electron chi connectivity index (χ1n) is 9.56. The molecule has 0 saturated carbocycles. The summed E-state index contributed by atoms with van der Waals surface area (Å²) in [4.78, 5) is 2.11. The molecule has 0 aliphatic heterocycles. The van der Waals surface area contributed by atoms with Crippen molar-refractivity contribution in [2.45, 2.75) is 20.0 Å². The van der Waals surface area contributed by atoms with E-state index >= 15 is 0 Å². The molecule has 0 atom stereocenters. The van der Waals surface area contributed by atoms with Gasteiger partial charge < -0.3 is 19.7 Å². The van der Waals surface area contributed by atoms with Crippen molar-refractivity contribution in [3.05, 3.63) is 88.4 Å². The third kappa shape index (κ3) is 5.88. The van der Waals surface area contributed by atoms with E-state index in [-0.39, 0.29) is 0 Å². The van der Waals surface area contributed by atoms with Crippen LogP contribution < -0.4 is 14.8 Å². The van der Waals surface area contributed by atoms with Crippen molar-refractivity contribution in [3.63, 3.8) is 0 Å². The molecule has 0 heterocycles. The van der Waals surface area contributed by atoms with E-state index in [1.807, 2.05) is 73.7 Å². The summed E-state index contributed by atoms with van der Waals surface area (Å²) in [5.41, 5.74) is 4.15. The predicted octanol–water partition coefficient (Wildman–Crippen LogP) is 6.06. The van der Waals surface area contributed by atoms with Crippen LogP contribution in [-0.2, 0) is 13.1 Å². The predicted molar refractivity (Wildman–Crippen MR) is 128 cm³/mol. The van der Waals surface area contributed by atoms with E-state index in [9.17, 15) is 0 Å². The van der Waals surface area contributed by atoms with E-state index in [0.29, 0.717) is 23.2 Å². The van der Waals surface area contributed by atoms with Crippen LogP contribution in [0.4, 0.5) is 5.69 Å². The van der Waals surface area contributed by atoms with Gasteiger partial charge in [-0.3, -0.25) is 0 Å². The Balaban J connectivity index is 1.81. The monoisotopic (exact) mass is 440 g/mol. The fraction of sp³-hybridized carbons (Fsp3) is 0.208. The fourth-order valence-corrected chi connectivity index (χ4v) is 3.54. The van der Waals surface area contributed by atoms with Gasteiger partial charge in [0.2, 0.25) is 0 Å². The van der Waals surface area contributed by atoms with Crippen LogP contribution in [0.25, 0.3) is 0 Å². The van der Waals surface area contributed by atoms with Crippen LogP contribution in [-0.4, -0.2) is 24.2 Å². The summed E-state index contributed by atoms with van der Waals surface area (Å²) in [5, 5.41) is 4.55. The van der Waals surface area contributed by atoms with E-state index in [1.165, 1.54) is 0 Å². The maximum Gasteiger partial charge on any atom is 0.174 e. The molecule has 0 unspecified atom stereocenters. The van der Waals surface area contributed by atoms with Crippen LogP contribution in [0.15, 0.2) is 66.7 Å². The minimum absolute atomic E-state index is 0.604. The Morgan fingerprint density at radius 3 is 1.80 bits per heavy atom. The molecule has 3 aromatic rings. The number of halogens is 1. The summed E-state index contributed by atoms with van der Waals surface area (Å²) >= 11 is 12.1. The standard InChI is InChI=1S/C24H25ClN2O2S/c1-17-4-13-23(22(25)14-17)26-24(30)27(15-18-5-9-20(28-2)10-6-18)16-19-7-11-21(29-3)12-8-19/h4-14H,15-16H2,1-3H3,(H,26,30). The zero-order valence-corrected chi connectivity index (χ0v) is 18.9. The van der Waals surface area contributed by atoms with Crippen LogP contribution >= 0.6 is 23.8 Å². The molecule has 3 aromatic carbocycles. The summed E-state index contributed by atoms with van der Waals surface area (Å²) < 4.78 is 10.5. The third-order valence-electron chi connectivity index (χ3n) is 4.72. The number of ether oxygens (including phenoxy) is 2. The van der Waals surface area contributed by atoms with Gasteiger partial charge in [-0.1, -0.05) is 41.9 Å². The van der Waals surface area contributed by atoms with Crippen molar-refractivity contribution < 1.29 is 9.47 Å². The number of hydrogen-bond acceptors (Lipinski definition) is 3. The van der Waals surface area contributed by atoms with Gasteiger partial charge in [-0.25, -0.2) is 0 Å². The molecule has 0 aromatic heterocycles. The zero-order valence-electron chi connectivity index (χ0n) is 17.3. The molecule has 0 saturated heterocycles. The van der Waals surface area contributed by atoms with E-state index in [4.69, 9.17) is 33.3 Å². The van der Waals surface area contributed by atoms with Crippen molar-refractivity contribution >= 4 is 34.6 Å². The number of methoxy groups -OCH3 is 2. The minimum atomic E-state index is 0.604. The zero-order chi connectivity index (χ0) is 21.5. The van der Waals surface area contributed by atoms with Gasteiger partial charge in [-0.2, -0.15) is 0 Å². The normalized spacial score (nSPS) is 10.4. The van der Waals surface area contributed by atoms with Crippen molar-refractivity contribution in [2.24, 2.45) is 0 Å². The molecule has 0 amide bonds. The average Bonchev–Trinajstić information content (AvgIpc) is 2.76. The molecule has 30 heavy (non-hydrogen) atoms. The summed E-state index contributed by atoms with van der Waals surface area (Å²) in [7, 11) is 3.32.